The Morgan fingerprint density at radius 2 is 1.35 bits per heavy atom. The second-order valence-electron chi connectivity index (χ2n) is 17.8. The molecular formula is C54H58N4O4. The van der Waals surface area contributed by atoms with Crippen LogP contribution >= 0.6 is 0 Å². The number of rotatable bonds is 15. The average Bonchev–Trinajstić information content (AvgIpc) is 3.62. The van der Waals surface area contributed by atoms with E-state index in [0.29, 0.717) is 28.7 Å². The number of para-hydroxylation sites is 2. The number of alkyl carbamates (subject to hydrolysis) is 1. The zero-order chi connectivity index (χ0) is 43.8. The number of likely N-dealkylation sites (N-methyl/N-ethyl adjacent to an activating group) is 1. The molecule has 8 nitrogen and oxygen atoms in total. The number of anilines is 2. The van der Waals surface area contributed by atoms with Crippen LogP contribution in [0.25, 0.3) is 32.6 Å². The fraction of sp³-hybridized carbons (Fsp3) is 0.315. The Morgan fingerprint density at radius 1 is 0.742 bits per heavy atom. The number of unbranched alkanes of at least 4 members (excludes halogenated alkanes) is 1. The molecule has 0 saturated carbocycles. The standard InChI is InChI=1S/C54H58N4O4/c1-8-10-17-37-26-28-40(29-27-37)58-50(59)44-23-16-22-43-46(31-30-45(49(43)44)51(58)60)56(7)32-33-62-52(61)55-53(4,5)38-18-15-19-39(34-38)54(6,9-2)35-36(3)57-47-24-13-11-20-41(47)42-21-12-14-25-48(42)57/h11-16,18-31,34,36H,8-10,17,32-33,35H2,1-7H3,(H,55,61). The molecule has 1 aliphatic rings. The van der Waals surface area contributed by atoms with Crippen LogP contribution in [0.2, 0.25) is 0 Å². The second kappa shape index (κ2) is 17.2. The summed E-state index contributed by atoms with van der Waals surface area (Å²) in [6.07, 6.45) is 4.55. The highest BCUT2D eigenvalue weighted by molar-refractivity contribution is 6.36. The van der Waals surface area contributed by atoms with Gasteiger partial charge in [-0.05, 0) is 111 Å². The summed E-state index contributed by atoms with van der Waals surface area (Å²) < 4.78 is 8.28. The van der Waals surface area contributed by atoms with Crippen LogP contribution in [-0.4, -0.2) is 42.7 Å². The van der Waals surface area contributed by atoms with Crippen molar-refractivity contribution < 1.29 is 19.1 Å². The van der Waals surface area contributed by atoms with Crippen molar-refractivity contribution in [1.29, 1.82) is 0 Å². The minimum Gasteiger partial charge on any atom is -0.448 e. The van der Waals surface area contributed by atoms with E-state index < -0.39 is 11.6 Å². The van der Waals surface area contributed by atoms with Crippen LogP contribution in [0, 0.1) is 0 Å². The molecule has 0 fully saturated rings. The third kappa shape index (κ3) is 7.83. The lowest BCUT2D eigenvalue weighted by molar-refractivity contribution is 0.0893. The molecule has 0 radical (unpaired) electrons. The molecule has 2 heterocycles. The normalized spacial score (nSPS) is 14.3. The molecular weight excluding hydrogens is 769 g/mol. The Kier molecular flexibility index (Phi) is 11.7. The van der Waals surface area contributed by atoms with Crippen molar-refractivity contribution in [1.82, 2.24) is 9.88 Å². The Morgan fingerprint density at radius 3 is 2.02 bits per heavy atom. The van der Waals surface area contributed by atoms with E-state index in [-0.39, 0.29) is 29.9 Å². The molecule has 6 aromatic carbocycles. The van der Waals surface area contributed by atoms with Gasteiger partial charge in [0.15, 0.2) is 0 Å². The number of aryl methyl sites for hydroxylation is 1. The maximum absolute atomic E-state index is 13.9. The Hall–Kier alpha value is -6.41. The molecule has 0 aliphatic carbocycles. The van der Waals surface area contributed by atoms with Gasteiger partial charge in [0.1, 0.15) is 6.61 Å². The summed E-state index contributed by atoms with van der Waals surface area (Å²) >= 11 is 0. The molecule has 2 atom stereocenters. The molecule has 0 spiro atoms. The summed E-state index contributed by atoms with van der Waals surface area (Å²) in [5.41, 5.74) is 7.49. The van der Waals surface area contributed by atoms with Crippen molar-refractivity contribution in [2.75, 3.05) is 30.0 Å². The Labute approximate surface area is 365 Å². The highest BCUT2D eigenvalue weighted by Crippen LogP contribution is 2.41. The lowest BCUT2D eigenvalue weighted by Gasteiger charge is -2.35. The molecule has 7 aromatic rings. The smallest absolute Gasteiger partial charge is 0.407 e. The van der Waals surface area contributed by atoms with Gasteiger partial charge in [-0.2, -0.15) is 0 Å². The minimum atomic E-state index is -0.702. The van der Waals surface area contributed by atoms with Crippen LogP contribution in [0.5, 0.6) is 0 Å². The Balaban J connectivity index is 0.924. The number of ether oxygens (including phenoxy) is 1. The summed E-state index contributed by atoms with van der Waals surface area (Å²) in [6, 6.07) is 43.2. The third-order valence-electron chi connectivity index (χ3n) is 13.2. The first-order chi connectivity index (χ1) is 29.8. The van der Waals surface area contributed by atoms with Gasteiger partial charge in [0, 0.05) is 62.5 Å². The molecule has 1 aromatic heterocycles. The topological polar surface area (TPSA) is 83.9 Å². The summed E-state index contributed by atoms with van der Waals surface area (Å²) in [5, 5.41) is 7.12. The van der Waals surface area contributed by atoms with E-state index in [4.69, 9.17) is 4.74 Å². The quantitative estimate of drug-likeness (QED) is 0.104. The number of nitrogens with one attached hydrogen (secondary N) is 1. The number of fused-ring (bicyclic) bond motifs is 3. The number of benzene rings is 6. The summed E-state index contributed by atoms with van der Waals surface area (Å²) in [6.45, 7) is 13.6. The fourth-order valence-corrected chi connectivity index (χ4v) is 9.52. The number of nitrogens with zero attached hydrogens (tertiary/aromatic N) is 3. The van der Waals surface area contributed by atoms with Crippen molar-refractivity contribution in [3.63, 3.8) is 0 Å². The lowest BCUT2D eigenvalue weighted by Crippen LogP contribution is -2.42. The van der Waals surface area contributed by atoms with Gasteiger partial charge in [-0.15, -0.1) is 0 Å². The molecule has 1 aliphatic heterocycles. The number of carbonyl (C=O) groups is 3. The molecule has 8 rings (SSSR count). The number of aromatic nitrogens is 1. The van der Waals surface area contributed by atoms with Gasteiger partial charge in [-0.1, -0.05) is 112 Å². The van der Waals surface area contributed by atoms with Crippen LogP contribution < -0.4 is 15.1 Å². The summed E-state index contributed by atoms with van der Waals surface area (Å²) in [7, 11) is 1.92. The van der Waals surface area contributed by atoms with E-state index >= 15 is 0 Å². The SMILES string of the molecule is CCCCc1ccc(N2C(=O)c3cccc4c(N(C)CCOC(=O)NC(C)(C)c5cccc(C(C)(CC)CC(C)n6c7ccccc7c7ccccc76)c5)ccc(c34)C2=O)cc1. The van der Waals surface area contributed by atoms with Crippen molar-refractivity contribution in [2.24, 2.45) is 0 Å². The van der Waals surface area contributed by atoms with Crippen molar-refractivity contribution in [2.45, 2.75) is 90.6 Å². The van der Waals surface area contributed by atoms with E-state index in [1.165, 1.54) is 37.8 Å². The van der Waals surface area contributed by atoms with Crippen molar-refractivity contribution in [3.8, 4) is 0 Å². The van der Waals surface area contributed by atoms with Crippen LogP contribution in [0.3, 0.4) is 0 Å². The number of hydrogen-bond donors (Lipinski definition) is 1. The van der Waals surface area contributed by atoms with E-state index in [2.05, 4.69) is 110 Å². The van der Waals surface area contributed by atoms with Crippen LogP contribution in [0.15, 0.2) is 127 Å². The van der Waals surface area contributed by atoms with E-state index in [1.54, 1.807) is 12.1 Å². The molecule has 0 saturated heterocycles. The number of carbonyl (C=O) groups excluding carboxylic acids is 3. The molecule has 1 N–H and O–H groups in total. The fourth-order valence-electron chi connectivity index (χ4n) is 9.52. The predicted octanol–water partition coefficient (Wildman–Crippen LogP) is 12.5. The van der Waals surface area contributed by atoms with E-state index in [0.717, 1.165) is 48.7 Å². The van der Waals surface area contributed by atoms with Gasteiger partial charge in [0.2, 0.25) is 0 Å². The summed E-state index contributed by atoms with van der Waals surface area (Å²) in [5.74, 6) is -0.675. The number of hydrogen-bond acceptors (Lipinski definition) is 5. The Bertz CT molecular complexity index is 2730. The first-order valence-corrected chi connectivity index (χ1v) is 22.1. The third-order valence-corrected chi connectivity index (χ3v) is 13.2. The number of imide groups is 1. The highest BCUT2D eigenvalue weighted by Gasteiger charge is 2.35. The lowest BCUT2D eigenvalue weighted by atomic mass is 9.74. The van der Waals surface area contributed by atoms with E-state index in [1.807, 2.05) is 68.3 Å². The predicted molar refractivity (Wildman–Crippen MR) is 254 cm³/mol. The molecule has 318 valence electrons. The number of amides is 3. The average molecular weight is 827 g/mol. The van der Waals surface area contributed by atoms with Gasteiger partial charge in [0.25, 0.3) is 11.8 Å². The first-order valence-electron chi connectivity index (χ1n) is 22.1. The molecule has 8 heteroatoms. The molecule has 62 heavy (non-hydrogen) atoms. The van der Waals surface area contributed by atoms with Crippen LogP contribution in [0.4, 0.5) is 16.2 Å². The highest BCUT2D eigenvalue weighted by atomic mass is 16.5. The van der Waals surface area contributed by atoms with Gasteiger partial charge in [-0.25, -0.2) is 9.69 Å². The van der Waals surface area contributed by atoms with Crippen LogP contribution in [0.1, 0.15) is 111 Å². The van der Waals surface area contributed by atoms with Crippen molar-refractivity contribution >= 4 is 61.9 Å². The van der Waals surface area contributed by atoms with Gasteiger partial charge in [0.05, 0.1) is 17.8 Å². The largest absolute Gasteiger partial charge is 0.448 e. The van der Waals surface area contributed by atoms with Crippen LogP contribution in [-0.2, 0) is 22.1 Å². The van der Waals surface area contributed by atoms with E-state index in [9.17, 15) is 14.4 Å². The minimum absolute atomic E-state index is 0.120. The zero-order valence-corrected chi connectivity index (χ0v) is 37.1. The monoisotopic (exact) mass is 826 g/mol. The first kappa shape index (κ1) is 42.3. The molecule has 0 bridgehead atoms. The molecule has 2 unspecified atom stereocenters. The van der Waals surface area contributed by atoms with Gasteiger partial charge in [-0.3, -0.25) is 9.59 Å². The summed E-state index contributed by atoms with van der Waals surface area (Å²) in [4.78, 5) is 44.4. The van der Waals surface area contributed by atoms with Gasteiger partial charge >= 0.3 is 6.09 Å². The zero-order valence-electron chi connectivity index (χ0n) is 37.1. The molecule has 3 amide bonds. The van der Waals surface area contributed by atoms with Crippen molar-refractivity contribution in [3.05, 3.63) is 155 Å². The second-order valence-corrected chi connectivity index (χ2v) is 17.8. The maximum Gasteiger partial charge on any atom is 0.407 e. The van der Waals surface area contributed by atoms with Gasteiger partial charge < -0.3 is 19.5 Å². The maximum atomic E-state index is 13.9.